The van der Waals surface area contributed by atoms with Gasteiger partial charge < -0.3 is 14.8 Å². The molecule has 33 heavy (non-hydrogen) atoms. The van der Waals surface area contributed by atoms with Gasteiger partial charge in [-0.3, -0.25) is 9.69 Å². The smallest absolute Gasteiger partial charge is 0.195 e. The fourth-order valence-electron chi connectivity index (χ4n) is 5.32. The van der Waals surface area contributed by atoms with Crippen LogP contribution in [-0.2, 0) is 5.41 Å². The second-order valence-corrected chi connectivity index (χ2v) is 10.0. The minimum atomic E-state index is -0.507. The number of ether oxygens (including phenoxy) is 1. The lowest BCUT2D eigenvalue weighted by Gasteiger charge is -2.36. The van der Waals surface area contributed by atoms with E-state index in [0.717, 1.165) is 48.1 Å². The number of piperidine rings is 1. The molecule has 2 heterocycles. The van der Waals surface area contributed by atoms with Gasteiger partial charge in [0.1, 0.15) is 6.10 Å². The number of benzene rings is 2. The summed E-state index contributed by atoms with van der Waals surface area (Å²) in [5.41, 5.74) is 3.56. The van der Waals surface area contributed by atoms with Gasteiger partial charge in [0.2, 0.25) is 0 Å². The molecule has 0 radical (unpaired) electrons. The highest BCUT2D eigenvalue weighted by Crippen LogP contribution is 2.47. The van der Waals surface area contributed by atoms with Crippen LogP contribution in [-0.4, -0.2) is 46.0 Å². The Hall–Kier alpha value is -3.30. The van der Waals surface area contributed by atoms with Crippen LogP contribution < -0.4 is 4.74 Å². The number of likely N-dealkylation sites (tertiary alicyclic amines) is 1. The van der Waals surface area contributed by atoms with Crippen LogP contribution >= 0.6 is 0 Å². The number of carbonyl (C=O) groups is 1. The number of phenolic OH excluding ortho intramolecular Hbond substituents is 1. The minimum absolute atomic E-state index is 0.000504. The van der Waals surface area contributed by atoms with E-state index in [-0.39, 0.29) is 17.6 Å². The van der Waals surface area contributed by atoms with Gasteiger partial charge in [-0.2, -0.15) is 5.26 Å². The molecule has 2 aromatic carbocycles. The first-order valence-corrected chi connectivity index (χ1v) is 11.6. The molecule has 1 saturated heterocycles. The molecule has 1 aliphatic heterocycles. The SMILES string of the molecule is CC(C)N1CCCC(Oc2cc3c(cc2O)C(=O)c2c([nH]c4cc(C#N)ccc24)C3(C)C)C1. The first-order chi connectivity index (χ1) is 15.7. The number of nitriles is 1. The Kier molecular flexibility index (Phi) is 4.98. The number of hydrogen-bond acceptors (Lipinski definition) is 5. The molecule has 2 N–H and O–H groups in total. The number of hydrogen-bond donors (Lipinski definition) is 2. The van der Waals surface area contributed by atoms with Crippen molar-refractivity contribution in [1.82, 2.24) is 9.88 Å². The number of nitrogens with one attached hydrogen (secondary N) is 1. The molecule has 6 heteroatoms. The number of aromatic amines is 1. The lowest BCUT2D eigenvalue weighted by Crippen LogP contribution is -2.44. The number of fused-ring (bicyclic) bond motifs is 4. The average molecular weight is 444 g/mol. The van der Waals surface area contributed by atoms with E-state index in [0.29, 0.717) is 28.5 Å². The molecule has 1 fully saturated rings. The van der Waals surface area contributed by atoms with Crippen molar-refractivity contribution in [3.63, 3.8) is 0 Å². The maximum Gasteiger partial charge on any atom is 0.195 e. The van der Waals surface area contributed by atoms with Gasteiger partial charge >= 0.3 is 0 Å². The lowest BCUT2D eigenvalue weighted by atomic mass is 9.71. The molecule has 0 spiro atoms. The summed E-state index contributed by atoms with van der Waals surface area (Å²) in [6.07, 6.45) is 2.00. The Morgan fingerprint density at radius 2 is 2.06 bits per heavy atom. The zero-order valence-electron chi connectivity index (χ0n) is 19.5. The van der Waals surface area contributed by atoms with Crippen molar-refractivity contribution in [2.75, 3.05) is 13.1 Å². The quantitative estimate of drug-likeness (QED) is 0.603. The van der Waals surface area contributed by atoms with Crippen LogP contribution in [0.25, 0.3) is 10.9 Å². The molecule has 170 valence electrons. The molecular formula is C27H29N3O3. The first kappa shape index (κ1) is 21.5. The van der Waals surface area contributed by atoms with E-state index in [1.54, 1.807) is 18.2 Å². The number of phenols is 1. The second kappa shape index (κ2) is 7.64. The Balaban J connectivity index is 1.56. The number of aromatic nitrogens is 1. The fraction of sp³-hybridized carbons (Fsp3) is 0.407. The zero-order chi connectivity index (χ0) is 23.5. The fourth-order valence-corrected chi connectivity index (χ4v) is 5.32. The third kappa shape index (κ3) is 3.39. The standard InChI is InChI=1S/C27H29N3O3/c1-15(2)30-9-5-6-17(14-30)33-23-12-20-19(11-22(23)31)25(32)24-18-8-7-16(13-28)10-21(18)29-26(24)27(20,3)4/h7-8,10-12,15,17,29,31H,5-6,9,14H2,1-4H3. The van der Waals surface area contributed by atoms with Crippen molar-refractivity contribution < 1.29 is 14.6 Å². The van der Waals surface area contributed by atoms with E-state index in [1.165, 1.54) is 0 Å². The summed E-state index contributed by atoms with van der Waals surface area (Å²) < 4.78 is 6.29. The van der Waals surface area contributed by atoms with Crippen molar-refractivity contribution in [3.05, 3.63) is 58.3 Å². The molecule has 0 saturated carbocycles. The van der Waals surface area contributed by atoms with E-state index in [4.69, 9.17) is 4.74 Å². The van der Waals surface area contributed by atoms with E-state index in [9.17, 15) is 15.2 Å². The third-order valence-electron chi connectivity index (χ3n) is 7.23. The van der Waals surface area contributed by atoms with Crippen LogP contribution in [0.5, 0.6) is 11.5 Å². The molecular weight excluding hydrogens is 414 g/mol. The molecule has 2 aliphatic rings. The van der Waals surface area contributed by atoms with Gasteiger partial charge in [0.15, 0.2) is 17.3 Å². The highest BCUT2D eigenvalue weighted by molar-refractivity contribution is 6.20. The summed E-state index contributed by atoms with van der Waals surface area (Å²) in [6.45, 7) is 10.4. The average Bonchev–Trinajstić information content (AvgIpc) is 3.19. The van der Waals surface area contributed by atoms with E-state index in [1.807, 2.05) is 12.1 Å². The topological polar surface area (TPSA) is 89.3 Å². The van der Waals surface area contributed by atoms with Gasteiger partial charge in [-0.05, 0) is 63.1 Å². The Morgan fingerprint density at radius 3 is 2.79 bits per heavy atom. The van der Waals surface area contributed by atoms with Crippen molar-refractivity contribution >= 4 is 16.7 Å². The highest BCUT2D eigenvalue weighted by Gasteiger charge is 2.40. The van der Waals surface area contributed by atoms with Crippen molar-refractivity contribution in [1.29, 1.82) is 5.26 Å². The summed E-state index contributed by atoms with van der Waals surface area (Å²) in [5.74, 6) is 0.298. The predicted octanol–water partition coefficient (Wildman–Crippen LogP) is 4.87. The van der Waals surface area contributed by atoms with Gasteiger partial charge in [0.05, 0.1) is 17.2 Å². The Bertz CT molecular complexity index is 1310. The van der Waals surface area contributed by atoms with Crippen LogP contribution in [0.4, 0.5) is 0 Å². The third-order valence-corrected chi connectivity index (χ3v) is 7.23. The number of H-pyrrole nitrogens is 1. The van der Waals surface area contributed by atoms with E-state index < -0.39 is 5.41 Å². The Morgan fingerprint density at radius 1 is 1.27 bits per heavy atom. The highest BCUT2D eigenvalue weighted by atomic mass is 16.5. The Labute approximate surface area is 193 Å². The number of nitrogens with zero attached hydrogens (tertiary/aromatic N) is 2. The van der Waals surface area contributed by atoms with Crippen LogP contribution in [0.2, 0.25) is 0 Å². The van der Waals surface area contributed by atoms with Gasteiger partial charge in [0, 0.05) is 40.2 Å². The molecule has 3 aromatic rings. The van der Waals surface area contributed by atoms with Crippen LogP contribution in [0.1, 0.15) is 73.3 Å². The number of ketones is 1. The first-order valence-electron chi connectivity index (χ1n) is 11.6. The molecule has 1 aliphatic carbocycles. The molecule has 5 rings (SSSR count). The predicted molar refractivity (Wildman–Crippen MR) is 127 cm³/mol. The summed E-state index contributed by atoms with van der Waals surface area (Å²) >= 11 is 0. The molecule has 1 unspecified atom stereocenters. The summed E-state index contributed by atoms with van der Waals surface area (Å²) in [6, 6.07) is 11.3. The molecule has 6 nitrogen and oxygen atoms in total. The zero-order valence-corrected chi connectivity index (χ0v) is 19.5. The number of carbonyl (C=O) groups excluding carboxylic acids is 1. The monoisotopic (exact) mass is 443 g/mol. The lowest BCUT2D eigenvalue weighted by molar-refractivity contribution is 0.0687. The summed E-state index contributed by atoms with van der Waals surface area (Å²) in [4.78, 5) is 19.3. The number of aromatic hydroxyl groups is 1. The van der Waals surface area contributed by atoms with Crippen molar-refractivity contribution in [3.8, 4) is 17.6 Å². The minimum Gasteiger partial charge on any atom is -0.504 e. The molecule has 0 amide bonds. The maximum absolute atomic E-state index is 13.6. The van der Waals surface area contributed by atoms with Gasteiger partial charge in [0.25, 0.3) is 0 Å². The van der Waals surface area contributed by atoms with Crippen molar-refractivity contribution in [2.24, 2.45) is 0 Å². The summed E-state index contributed by atoms with van der Waals surface area (Å²) in [7, 11) is 0. The van der Waals surface area contributed by atoms with Gasteiger partial charge in [-0.25, -0.2) is 0 Å². The maximum atomic E-state index is 13.6. The second-order valence-electron chi connectivity index (χ2n) is 10.0. The molecule has 1 atom stereocenters. The van der Waals surface area contributed by atoms with Crippen LogP contribution in [0.3, 0.4) is 0 Å². The van der Waals surface area contributed by atoms with Crippen LogP contribution in [0.15, 0.2) is 30.3 Å². The molecule has 0 bridgehead atoms. The van der Waals surface area contributed by atoms with Gasteiger partial charge in [-0.1, -0.05) is 19.9 Å². The van der Waals surface area contributed by atoms with Crippen molar-refractivity contribution in [2.45, 2.75) is 58.1 Å². The largest absolute Gasteiger partial charge is 0.504 e. The van der Waals surface area contributed by atoms with E-state index >= 15 is 0 Å². The normalized spacial score (nSPS) is 19.9. The number of rotatable bonds is 3. The van der Waals surface area contributed by atoms with Crippen LogP contribution in [0, 0.1) is 11.3 Å². The summed E-state index contributed by atoms with van der Waals surface area (Å²) in [5, 5.41) is 20.9. The van der Waals surface area contributed by atoms with Gasteiger partial charge in [-0.15, -0.1) is 0 Å². The van der Waals surface area contributed by atoms with E-state index in [2.05, 4.69) is 43.6 Å². The molecule has 1 aromatic heterocycles.